The Bertz CT molecular complexity index is 343. The summed E-state index contributed by atoms with van der Waals surface area (Å²) in [4.78, 5) is 1.69. The summed E-state index contributed by atoms with van der Waals surface area (Å²) in [7, 11) is 0. The van der Waals surface area contributed by atoms with Crippen molar-refractivity contribution in [2.24, 2.45) is 5.92 Å². The lowest BCUT2D eigenvalue weighted by molar-refractivity contribution is -0.0434. The summed E-state index contributed by atoms with van der Waals surface area (Å²) in [6.07, 6.45) is 0. The fraction of sp³-hybridized carbons (Fsp3) is 0.571. The molecule has 1 N–H and O–H groups in total. The number of aliphatic hydroxyl groups is 1. The molecule has 1 aliphatic rings. The minimum Gasteiger partial charge on any atom is -0.396 e. The number of nitrogens with zero attached hydrogens (tertiary/aromatic N) is 1. The molecule has 0 saturated carbocycles. The number of benzene rings is 1. The molecule has 1 aliphatic heterocycles. The number of alkyl halides is 2. The third kappa shape index (κ3) is 3.75. The highest BCUT2D eigenvalue weighted by Gasteiger charge is 2.47. The summed E-state index contributed by atoms with van der Waals surface area (Å²) >= 11 is 0. The van der Waals surface area contributed by atoms with Crippen LogP contribution < -0.4 is 0 Å². The molecule has 1 aromatic rings. The number of aliphatic hydroxyl groups excluding tert-OH is 1. The quantitative estimate of drug-likeness (QED) is 0.900. The smallest absolute Gasteiger partial charge is 0.266 e. The highest BCUT2D eigenvalue weighted by Crippen LogP contribution is 2.33. The highest BCUT2D eigenvalue weighted by atomic mass is 19.3. The molecule has 0 radical (unpaired) electrons. The van der Waals surface area contributed by atoms with Crippen LogP contribution in [0, 0.1) is 5.92 Å². The lowest BCUT2D eigenvalue weighted by Crippen LogP contribution is -2.29. The minimum absolute atomic E-state index is 0.257. The maximum atomic E-state index is 13.4. The van der Waals surface area contributed by atoms with Gasteiger partial charge < -0.3 is 5.11 Å². The number of likely N-dealkylation sites (tertiary alicyclic amines) is 1. The molecule has 1 atom stereocenters. The van der Waals surface area contributed by atoms with E-state index in [9.17, 15) is 8.78 Å². The molecule has 0 aliphatic carbocycles. The van der Waals surface area contributed by atoms with Gasteiger partial charge in [0, 0.05) is 13.1 Å². The van der Waals surface area contributed by atoms with Crippen molar-refractivity contribution < 1.29 is 13.9 Å². The maximum Gasteiger partial charge on any atom is 0.266 e. The molecule has 1 unspecified atom stereocenters. The standard InChI is InChI=1S/C12H15F2NO.C2H6/c13-12(14)9-15(7-11(12)8-16)6-10-4-2-1-3-5-10;1-2/h1-5,11,16H,6-9H2;1-2H3. The van der Waals surface area contributed by atoms with E-state index in [1.165, 1.54) is 0 Å². The van der Waals surface area contributed by atoms with Gasteiger partial charge in [-0.1, -0.05) is 44.2 Å². The first-order valence-electron chi connectivity index (χ1n) is 6.37. The van der Waals surface area contributed by atoms with E-state index in [0.717, 1.165) is 5.56 Å². The zero-order chi connectivity index (χ0) is 13.6. The van der Waals surface area contributed by atoms with Crippen LogP contribution in [0.5, 0.6) is 0 Å². The van der Waals surface area contributed by atoms with Gasteiger partial charge in [0.2, 0.25) is 0 Å². The van der Waals surface area contributed by atoms with E-state index >= 15 is 0 Å². The summed E-state index contributed by atoms with van der Waals surface area (Å²) in [6.45, 7) is 4.08. The van der Waals surface area contributed by atoms with Crippen molar-refractivity contribution in [2.75, 3.05) is 19.7 Å². The zero-order valence-electron chi connectivity index (χ0n) is 10.9. The Morgan fingerprint density at radius 3 is 2.39 bits per heavy atom. The predicted molar refractivity (Wildman–Crippen MR) is 68.6 cm³/mol. The Labute approximate surface area is 107 Å². The second-order valence-corrected chi connectivity index (χ2v) is 4.30. The molecular weight excluding hydrogens is 236 g/mol. The monoisotopic (exact) mass is 257 g/mol. The lowest BCUT2D eigenvalue weighted by atomic mass is 10.1. The topological polar surface area (TPSA) is 23.5 Å². The second kappa shape index (κ2) is 6.81. The molecule has 1 heterocycles. The van der Waals surface area contributed by atoms with Crippen LogP contribution in [0.25, 0.3) is 0 Å². The third-order valence-electron chi connectivity index (χ3n) is 2.98. The number of hydrogen-bond donors (Lipinski definition) is 1. The highest BCUT2D eigenvalue weighted by molar-refractivity contribution is 5.15. The van der Waals surface area contributed by atoms with Gasteiger partial charge in [0.25, 0.3) is 5.92 Å². The Kier molecular flexibility index (Phi) is 5.69. The van der Waals surface area contributed by atoms with E-state index in [-0.39, 0.29) is 13.1 Å². The second-order valence-electron chi connectivity index (χ2n) is 4.30. The Morgan fingerprint density at radius 2 is 1.89 bits per heavy atom. The van der Waals surface area contributed by atoms with Gasteiger partial charge in [-0.2, -0.15) is 0 Å². The molecule has 1 fully saturated rings. The van der Waals surface area contributed by atoms with Gasteiger partial charge >= 0.3 is 0 Å². The summed E-state index contributed by atoms with van der Waals surface area (Å²) in [5.41, 5.74) is 1.02. The van der Waals surface area contributed by atoms with E-state index in [0.29, 0.717) is 6.54 Å². The van der Waals surface area contributed by atoms with Gasteiger partial charge in [0.15, 0.2) is 0 Å². The third-order valence-corrected chi connectivity index (χ3v) is 2.98. The molecule has 4 heteroatoms. The maximum absolute atomic E-state index is 13.4. The number of rotatable bonds is 3. The fourth-order valence-corrected chi connectivity index (χ4v) is 2.09. The Morgan fingerprint density at radius 1 is 1.28 bits per heavy atom. The van der Waals surface area contributed by atoms with Gasteiger partial charge in [0.1, 0.15) is 0 Å². The van der Waals surface area contributed by atoms with Gasteiger partial charge in [-0.05, 0) is 5.56 Å². The van der Waals surface area contributed by atoms with Crippen molar-refractivity contribution in [1.82, 2.24) is 4.90 Å². The molecule has 0 amide bonds. The average Bonchev–Trinajstić information content (AvgIpc) is 2.67. The van der Waals surface area contributed by atoms with Crippen LogP contribution in [-0.4, -0.2) is 35.6 Å². The van der Waals surface area contributed by atoms with Crippen LogP contribution in [0.1, 0.15) is 19.4 Å². The van der Waals surface area contributed by atoms with Crippen LogP contribution >= 0.6 is 0 Å². The first-order valence-corrected chi connectivity index (χ1v) is 6.37. The molecule has 2 rings (SSSR count). The van der Waals surface area contributed by atoms with Gasteiger partial charge in [-0.15, -0.1) is 0 Å². The molecular formula is C14H21F2NO. The minimum atomic E-state index is -2.76. The van der Waals surface area contributed by atoms with Crippen molar-refractivity contribution >= 4 is 0 Å². The molecule has 1 aromatic carbocycles. The molecule has 0 aromatic heterocycles. The van der Waals surface area contributed by atoms with Crippen molar-refractivity contribution in [1.29, 1.82) is 0 Å². The first-order chi connectivity index (χ1) is 8.62. The normalized spacial score (nSPS) is 22.4. The van der Waals surface area contributed by atoms with Crippen molar-refractivity contribution in [2.45, 2.75) is 26.3 Å². The molecule has 2 nitrogen and oxygen atoms in total. The van der Waals surface area contributed by atoms with Crippen molar-refractivity contribution in [3.63, 3.8) is 0 Å². The van der Waals surface area contributed by atoms with Crippen LogP contribution in [0.3, 0.4) is 0 Å². The number of halogens is 2. The van der Waals surface area contributed by atoms with E-state index in [1.54, 1.807) is 4.90 Å². The molecule has 102 valence electrons. The van der Waals surface area contributed by atoms with Crippen LogP contribution in [0.2, 0.25) is 0 Å². The number of hydrogen-bond acceptors (Lipinski definition) is 2. The molecule has 18 heavy (non-hydrogen) atoms. The first kappa shape index (κ1) is 15.1. The molecule has 1 saturated heterocycles. The summed E-state index contributed by atoms with van der Waals surface area (Å²) in [5, 5.41) is 8.88. The van der Waals surface area contributed by atoms with Gasteiger partial charge in [0.05, 0.1) is 19.1 Å². The SMILES string of the molecule is CC.OCC1CN(Cc2ccccc2)CC1(F)F. The van der Waals surface area contributed by atoms with Crippen LogP contribution in [0.4, 0.5) is 8.78 Å². The summed E-state index contributed by atoms with van der Waals surface area (Å²) in [6, 6.07) is 9.54. The van der Waals surface area contributed by atoms with Crippen molar-refractivity contribution in [3.05, 3.63) is 35.9 Å². The van der Waals surface area contributed by atoms with E-state index < -0.39 is 18.4 Å². The van der Waals surface area contributed by atoms with Crippen LogP contribution in [-0.2, 0) is 6.54 Å². The largest absolute Gasteiger partial charge is 0.396 e. The van der Waals surface area contributed by atoms with Crippen LogP contribution in [0.15, 0.2) is 30.3 Å². The van der Waals surface area contributed by atoms with E-state index in [2.05, 4.69) is 0 Å². The molecule has 0 bridgehead atoms. The van der Waals surface area contributed by atoms with E-state index in [1.807, 2.05) is 44.2 Å². The zero-order valence-corrected chi connectivity index (χ0v) is 10.9. The van der Waals surface area contributed by atoms with E-state index in [4.69, 9.17) is 5.11 Å². The fourth-order valence-electron chi connectivity index (χ4n) is 2.09. The molecule has 0 spiro atoms. The van der Waals surface area contributed by atoms with Gasteiger partial charge in [-0.3, -0.25) is 4.90 Å². The van der Waals surface area contributed by atoms with Crippen molar-refractivity contribution in [3.8, 4) is 0 Å². The summed E-state index contributed by atoms with van der Waals surface area (Å²) in [5.74, 6) is -3.68. The van der Waals surface area contributed by atoms with Gasteiger partial charge in [-0.25, -0.2) is 8.78 Å². The average molecular weight is 257 g/mol. The summed E-state index contributed by atoms with van der Waals surface area (Å²) < 4.78 is 26.7. The lowest BCUT2D eigenvalue weighted by Gasteiger charge is -2.15. The Hall–Kier alpha value is -1.00. The predicted octanol–water partition coefficient (Wildman–Crippen LogP) is 2.77. The Balaban J connectivity index is 0.000000771.